The summed E-state index contributed by atoms with van der Waals surface area (Å²) >= 11 is 0. The zero-order valence-corrected chi connectivity index (χ0v) is 10.4. The lowest BCUT2D eigenvalue weighted by molar-refractivity contribution is 0.585. The third-order valence-corrected chi connectivity index (χ3v) is 3.00. The molecule has 1 aromatic carbocycles. The van der Waals surface area contributed by atoms with Crippen LogP contribution in [0, 0.1) is 18.6 Å². The minimum Gasteiger partial charge on any atom is -0.330 e. The standard InChI is InChI=1S/C13H15F2N3/c1-8-12(5-6-16)18(2)17-13(8)10-4-3-9(14)7-11(10)15/h3-4,7H,5-6,16H2,1-2H3. The molecule has 2 N–H and O–H groups in total. The predicted octanol–water partition coefficient (Wildman–Crippen LogP) is 2.17. The van der Waals surface area contributed by atoms with Crippen LogP contribution in [0.25, 0.3) is 11.3 Å². The molecule has 0 saturated carbocycles. The summed E-state index contributed by atoms with van der Waals surface area (Å²) in [5.74, 6) is -1.19. The molecule has 0 aliphatic heterocycles. The molecule has 5 heteroatoms. The fraction of sp³-hybridized carbons (Fsp3) is 0.308. The molecule has 1 heterocycles. The minimum absolute atomic E-state index is 0.313. The summed E-state index contributed by atoms with van der Waals surface area (Å²) in [4.78, 5) is 0. The molecule has 0 aliphatic carbocycles. The van der Waals surface area contributed by atoms with Crippen molar-refractivity contribution in [3.63, 3.8) is 0 Å². The summed E-state index contributed by atoms with van der Waals surface area (Å²) in [5.41, 5.74) is 8.24. The molecule has 0 saturated heterocycles. The summed E-state index contributed by atoms with van der Waals surface area (Å²) in [5, 5.41) is 4.29. The van der Waals surface area contributed by atoms with Gasteiger partial charge in [-0.15, -0.1) is 0 Å². The lowest BCUT2D eigenvalue weighted by Gasteiger charge is -2.02. The van der Waals surface area contributed by atoms with E-state index in [-0.39, 0.29) is 0 Å². The minimum atomic E-state index is -0.601. The Kier molecular flexibility index (Phi) is 3.43. The largest absolute Gasteiger partial charge is 0.330 e. The Morgan fingerprint density at radius 1 is 1.33 bits per heavy atom. The molecule has 0 bridgehead atoms. The number of nitrogens with two attached hydrogens (primary N) is 1. The Bertz CT molecular complexity index is 576. The maximum Gasteiger partial charge on any atom is 0.135 e. The van der Waals surface area contributed by atoms with Crippen molar-refractivity contribution in [3.8, 4) is 11.3 Å². The van der Waals surface area contributed by atoms with Crippen molar-refractivity contribution in [1.82, 2.24) is 9.78 Å². The highest BCUT2D eigenvalue weighted by molar-refractivity contribution is 5.64. The lowest BCUT2D eigenvalue weighted by atomic mass is 10.1. The van der Waals surface area contributed by atoms with E-state index in [1.807, 2.05) is 6.92 Å². The topological polar surface area (TPSA) is 43.8 Å². The van der Waals surface area contributed by atoms with Gasteiger partial charge in [0.05, 0.1) is 5.69 Å². The van der Waals surface area contributed by atoms with Crippen LogP contribution in [0.1, 0.15) is 11.3 Å². The van der Waals surface area contributed by atoms with Gasteiger partial charge in [0, 0.05) is 30.8 Å². The van der Waals surface area contributed by atoms with Gasteiger partial charge in [-0.25, -0.2) is 8.78 Å². The van der Waals surface area contributed by atoms with Gasteiger partial charge in [-0.05, 0) is 31.2 Å². The Labute approximate surface area is 104 Å². The van der Waals surface area contributed by atoms with Crippen molar-refractivity contribution in [2.75, 3.05) is 6.54 Å². The van der Waals surface area contributed by atoms with Crippen molar-refractivity contribution < 1.29 is 8.78 Å². The molecule has 2 rings (SSSR count). The van der Waals surface area contributed by atoms with Crippen LogP contribution in [0.5, 0.6) is 0 Å². The smallest absolute Gasteiger partial charge is 0.135 e. The van der Waals surface area contributed by atoms with Crippen LogP contribution in [-0.2, 0) is 13.5 Å². The van der Waals surface area contributed by atoms with Gasteiger partial charge in [0.2, 0.25) is 0 Å². The first-order valence-corrected chi connectivity index (χ1v) is 5.72. The molecule has 0 unspecified atom stereocenters. The number of aromatic nitrogens is 2. The van der Waals surface area contributed by atoms with Crippen LogP contribution in [0.3, 0.4) is 0 Å². The zero-order chi connectivity index (χ0) is 13.3. The van der Waals surface area contributed by atoms with E-state index >= 15 is 0 Å². The third kappa shape index (κ3) is 2.13. The van der Waals surface area contributed by atoms with Crippen LogP contribution in [0.2, 0.25) is 0 Å². The zero-order valence-electron chi connectivity index (χ0n) is 10.4. The SMILES string of the molecule is Cc1c(-c2ccc(F)cc2F)nn(C)c1CCN. The fourth-order valence-corrected chi connectivity index (χ4v) is 2.09. The van der Waals surface area contributed by atoms with E-state index in [1.165, 1.54) is 12.1 Å². The van der Waals surface area contributed by atoms with E-state index in [0.717, 1.165) is 17.3 Å². The van der Waals surface area contributed by atoms with Crippen LogP contribution in [-0.4, -0.2) is 16.3 Å². The number of aryl methyl sites for hydroxylation is 1. The van der Waals surface area contributed by atoms with Gasteiger partial charge >= 0.3 is 0 Å². The van der Waals surface area contributed by atoms with Gasteiger partial charge in [0.1, 0.15) is 11.6 Å². The normalized spacial score (nSPS) is 10.9. The highest BCUT2D eigenvalue weighted by Gasteiger charge is 2.16. The van der Waals surface area contributed by atoms with E-state index in [4.69, 9.17) is 5.73 Å². The van der Waals surface area contributed by atoms with Crippen LogP contribution in [0.15, 0.2) is 18.2 Å². The van der Waals surface area contributed by atoms with E-state index < -0.39 is 11.6 Å². The molecule has 0 aliphatic rings. The maximum absolute atomic E-state index is 13.7. The summed E-state index contributed by atoms with van der Waals surface area (Å²) in [7, 11) is 1.79. The first-order chi connectivity index (χ1) is 8.54. The van der Waals surface area contributed by atoms with Crippen LogP contribution in [0.4, 0.5) is 8.78 Å². The Morgan fingerprint density at radius 2 is 2.06 bits per heavy atom. The number of hydrogen-bond acceptors (Lipinski definition) is 2. The van der Waals surface area contributed by atoms with E-state index in [9.17, 15) is 8.78 Å². The molecule has 18 heavy (non-hydrogen) atoms. The summed E-state index contributed by atoms with van der Waals surface area (Å²) in [6.07, 6.45) is 0.679. The van der Waals surface area contributed by atoms with Crippen LogP contribution >= 0.6 is 0 Å². The highest BCUT2D eigenvalue weighted by atomic mass is 19.1. The summed E-state index contributed by atoms with van der Waals surface area (Å²) < 4.78 is 28.3. The first-order valence-electron chi connectivity index (χ1n) is 5.72. The van der Waals surface area contributed by atoms with Crippen molar-refractivity contribution in [2.24, 2.45) is 12.8 Å². The van der Waals surface area contributed by atoms with Gasteiger partial charge in [0.25, 0.3) is 0 Å². The Morgan fingerprint density at radius 3 is 2.67 bits per heavy atom. The van der Waals surface area contributed by atoms with E-state index in [0.29, 0.717) is 24.2 Å². The average Bonchev–Trinajstić information content (AvgIpc) is 2.58. The molecule has 0 fully saturated rings. The third-order valence-electron chi connectivity index (χ3n) is 3.00. The average molecular weight is 251 g/mol. The van der Waals surface area contributed by atoms with Gasteiger partial charge < -0.3 is 5.73 Å². The Hall–Kier alpha value is -1.75. The van der Waals surface area contributed by atoms with Gasteiger partial charge in [-0.3, -0.25) is 4.68 Å². The molecule has 0 atom stereocenters. The maximum atomic E-state index is 13.7. The fourth-order valence-electron chi connectivity index (χ4n) is 2.09. The van der Waals surface area contributed by atoms with Crippen molar-refractivity contribution in [1.29, 1.82) is 0 Å². The predicted molar refractivity (Wildman–Crippen MR) is 66.1 cm³/mol. The van der Waals surface area contributed by atoms with Crippen molar-refractivity contribution in [2.45, 2.75) is 13.3 Å². The van der Waals surface area contributed by atoms with E-state index in [1.54, 1.807) is 11.7 Å². The second-order valence-corrected chi connectivity index (χ2v) is 4.21. The monoisotopic (exact) mass is 251 g/mol. The molecule has 1 aromatic heterocycles. The summed E-state index contributed by atoms with van der Waals surface area (Å²) in [6.45, 7) is 2.38. The first kappa shape index (κ1) is 12.7. The van der Waals surface area contributed by atoms with Crippen molar-refractivity contribution >= 4 is 0 Å². The molecule has 96 valence electrons. The number of hydrogen-bond donors (Lipinski definition) is 1. The number of nitrogens with zero attached hydrogens (tertiary/aromatic N) is 2. The second kappa shape index (κ2) is 4.86. The number of halogens is 2. The quantitative estimate of drug-likeness (QED) is 0.908. The second-order valence-electron chi connectivity index (χ2n) is 4.21. The number of rotatable bonds is 3. The lowest BCUT2D eigenvalue weighted by Crippen LogP contribution is -2.08. The molecular formula is C13H15F2N3. The highest BCUT2D eigenvalue weighted by Crippen LogP contribution is 2.27. The summed E-state index contributed by atoms with van der Waals surface area (Å²) in [6, 6.07) is 3.51. The van der Waals surface area contributed by atoms with Crippen LogP contribution < -0.4 is 5.73 Å². The number of benzene rings is 1. The van der Waals surface area contributed by atoms with Gasteiger partial charge in [-0.1, -0.05) is 0 Å². The van der Waals surface area contributed by atoms with Gasteiger partial charge in [-0.2, -0.15) is 5.10 Å². The molecular weight excluding hydrogens is 236 g/mol. The van der Waals surface area contributed by atoms with Crippen molar-refractivity contribution in [3.05, 3.63) is 41.1 Å². The van der Waals surface area contributed by atoms with Gasteiger partial charge in [0.15, 0.2) is 0 Å². The molecule has 2 aromatic rings. The molecule has 0 spiro atoms. The molecule has 0 amide bonds. The molecule has 0 radical (unpaired) electrons. The molecule has 3 nitrogen and oxygen atoms in total. The Balaban J connectivity index is 2.54. The van der Waals surface area contributed by atoms with E-state index in [2.05, 4.69) is 5.10 Å².